The summed E-state index contributed by atoms with van der Waals surface area (Å²) in [5.41, 5.74) is 4.63. The Morgan fingerprint density at radius 2 is 1.69 bits per heavy atom. The fraction of sp³-hybridized carbons (Fsp3) is 0.125. The van der Waals surface area contributed by atoms with Crippen LogP contribution < -0.4 is 4.74 Å². The van der Waals surface area contributed by atoms with Gasteiger partial charge in [-0.05, 0) is 41.5 Å². The third kappa shape index (κ3) is 5.52. The maximum absolute atomic E-state index is 12.4. The number of nitriles is 1. The molecule has 2 aromatic carbocycles. The summed E-state index contributed by atoms with van der Waals surface area (Å²) in [7, 11) is 0. The number of pyridine rings is 1. The number of aromatic nitrogens is 3. The van der Waals surface area contributed by atoms with Gasteiger partial charge in [-0.25, -0.2) is 4.98 Å². The molecular formula is C24H17F3N4O. The maximum Gasteiger partial charge on any atom is 0.573 e. The Balaban J connectivity index is 1.41. The monoisotopic (exact) mass is 434 g/mol. The number of nitrogens with zero attached hydrogens (tertiary/aromatic N) is 3. The van der Waals surface area contributed by atoms with E-state index in [9.17, 15) is 13.2 Å². The first kappa shape index (κ1) is 21.1. The summed E-state index contributed by atoms with van der Waals surface area (Å²) < 4.78 is 41.3. The number of alkyl halides is 3. The van der Waals surface area contributed by atoms with Gasteiger partial charge < -0.3 is 9.72 Å². The molecule has 5 nitrogen and oxygen atoms in total. The molecule has 2 heterocycles. The number of hydrogen-bond donors (Lipinski definition) is 1. The molecule has 0 radical (unpaired) electrons. The molecule has 0 saturated heterocycles. The van der Waals surface area contributed by atoms with Gasteiger partial charge in [0.1, 0.15) is 11.6 Å². The fourth-order valence-electron chi connectivity index (χ4n) is 3.25. The van der Waals surface area contributed by atoms with Gasteiger partial charge in [0.15, 0.2) is 0 Å². The second-order valence-electron chi connectivity index (χ2n) is 7.14. The molecule has 0 aliphatic heterocycles. The fourth-order valence-corrected chi connectivity index (χ4v) is 3.25. The van der Waals surface area contributed by atoms with E-state index in [2.05, 4.69) is 25.8 Å². The molecule has 0 aliphatic rings. The zero-order chi connectivity index (χ0) is 22.6. The molecule has 4 aromatic rings. The van der Waals surface area contributed by atoms with Gasteiger partial charge in [0.05, 0.1) is 17.3 Å². The van der Waals surface area contributed by atoms with E-state index >= 15 is 0 Å². The SMILES string of the molecule is N#Cc1ccc(Cc2cnc(Cc3ccc(-c4cccc(OC(F)(F)F)c4)nc3)[nH]2)cc1. The van der Waals surface area contributed by atoms with Crippen molar-refractivity contribution >= 4 is 0 Å². The van der Waals surface area contributed by atoms with Gasteiger partial charge >= 0.3 is 6.36 Å². The lowest BCUT2D eigenvalue weighted by molar-refractivity contribution is -0.274. The molecule has 0 bridgehead atoms. The highest BCUT2D eigenvalue weighted by Crippen LogP contribution is 2.27. The third-order valence-corrected chi connectivity index (χ3v) is 4.72. The lowest BCUT2D eigenvalue weighted by atomic mass is 10.1. The summed E-state index contributed by atoms with van der Waals surface area (Å²) in [5.74, 6) is 0.495. The van der Waals surface area contributed by atoms with Gasteiger partial charge in [-0.15, -0.1) is 13.2 Å². The number of nitrogens with one attached hydrogen (secondary N) is 1. The Morgan fingerprint density at radius 1 is 0.906 bits per heavy atom. The van der Waals surface area contributed by atoms with Gasteiger partial charge in [0.2, 0.25) is 0 Å². The molecule has 1 N–H and O–H groups in total. The van der Waals surface area contributed by atoms with Crippen molar-refractivity contribution in [2.45, 2.75) is 19.2 Å². The lowest BCUT2D eigenvalue weighted by Gasteiger charge is -2.10. The van der Waals surface area contributed by atoms with Crippen molar-refractivity contribution in [3.63, 3.8) is 0 Å². The Bertz CT molecular complexity index is 1240. The lowest BCUT2D eigenvalue weighted by Crippen LogP contribution is -2.17. The number of ether oxygens (including phenoxy) is 1. The van der Waals surface area contributed by atoms with Crippen molar-refractivity contribution in [1.29, 1.82) is 5.26 Å². The van der Waals surface area contributed by atoms with Crippen molar-refractivity contribution in [1.82, 2.24) is 15.0 Å². The van der Waals surface area contributed by atoms with E-state index in [0.717, 1.165) is 22.6 Å². The molecule has 2 aromatic heterocycles. The van der Waals surface area contributed by atoms with Crippen LogP contribution in [-0.2, 0) is 12.8 Å². The third-order valence-electron chi connectivity index (χ3n) is 4.72. The van der Waals surface area contributed by atoms with E-state index in [1.807, 2.05) is 18.2 Å². The van der Waals surface area contributed by atoms with E-state index < -0.39 is 6.36 Å². The predicted molar refractivity (Wildman–Crippen MR) is 112 cm³/mol. The van der Waals surface area contributed by atoms with Crippen LogP contribution in [0, 0.1) is 11.3 Å². The van der Waals surface area contributed by atoms with Crippen molar-refractivity contribution in [3.8, 4) is 23.1 Å². The number of hydrogen-bond acceptors (Lipinski definition) is 4. The van der Waals surface area contributed by atoms with Crippen LogP contribution in [0.5, 0.6) is 5.75 Å². The number of benzene rings is 2. The van der Waals surface area contributed by atoms with E-state index in [0.29, 0.717) is 29.7 Å². The average molecular weight is 434 g/mol. The van der Waals surface area contributed by atoms with Gasteiger partial charge in [-0.2, -0.15) is 5.26 Å². The Kier molecular flexibility index (Phi) is 5.90. The number of aromatic amines is 1. The highest BCUT2D eigenvalue weighted by atomic mass is 19.4. The molecule has 8 heteroatoms. The summed E-state index contributed by atoms with van der Waals surface area (Å²) in [6.07, 6.45) is -0.0705. The Morgan fingerprint density at radius 3 is 2.38 bits per heavy atom. The molecule has 0 spiro atoms. The maximum atomic E-state index is 12.4. The normalized spacial score (nSPS) is 11.2. The molecule has 32 heavy (non-hydrogen) atoms. The van der Waals surface area contributed by atoms with Crippen LogP contribution in [0.4, 0.5) is 13.2 Å². The minimum Gasteiger partial charge on any atom is -0.406 e. The molecule has 0 fully saturated rings. The van der Waals surface area contributed by atoms with Crippen LogP contribution in [0.25, 0.3) is 11.3 Å². The van der Waals surface area contributed by atoms with Crippen LogP contribution in [0.3, 0.4) is 0 Å². The van der Waals surface area contributed by atoms with E-state index in [4.69, 9.17) is 5.26 Å². The highest BCUT2D eigenvalue weighted by Gasteiger charge is 2.31. The van der Waals surface area contributed by atoms with Crippen molar-refractivity contribution < 1.29 is 17.9 Å². The summed E-state index contributed by atoms with van der Waals surface area (Å²) in [6, 6.07) is 18.8. The minimum atomic E-state index is -4.74. The summed E-state index contributed by atoms with van der Waals surface area (Å²) in [4.78, 5) is 12.1. The van der Waals surface area contributed by atoms with Gasteiger partial charge in [-0.3, -0.25) is 4.98 Å². The van der Waals surface area contributed by atoms with Crippen molar-refractivity contribution in [2.75, 3.05) is 0 Å². The number of imidazole rings is 1. The van der Waals surface area contributed by atoms with Crippen LogP contribution in [0.2, 0.25) is 0 Å². The molecular weight excluding hydrogens is 417 g/mol. The van der Waals surface area contributed by atoms with Crippen LogP contribution in [-0.4, -0.2) is 21.3 Å². The predicted octanol–water partition coefficient (Wildman–Crippen LogP) is 5.42. The minimum absolute atomic E-state index is 0.286. The molecule has 0 aliphatic carbocycles. The van der Waals surface area contributed by atoms with Crippen LogP contribution in [0.15, 0.2) is 73.1 Å². The number of rotatable bonds is 6. The highest BCUT2D eigenvalue weighted by molar-refractivity contribution is 5.61. The zero-order valence-electron chi connectivity index (χ0n) is 16.7. The van der Waals surface area contributed by atoms with Crippen LogP contribution in [0.1, 0.15) is 28.2 Å². The summed E-state index contributed by atoms with van der Waals surface area (Å²) in [5, 5.41) is 8.88. The second-order valence-corrected chi connectivity index (χ2v) is 7.14. The molecule has 160 valence electrons. The van der Waals surface area contributed by atoms with Gasteiger partial charge in [0.25, 0.3) is 0 Å². The smallest absolute Gasteiger partial charge is 0.406 e. The average Bonchev–Trinajstić information content (AvgIpc) is 3.20. The van der Waals surface area contributed by atoms with E-state index in [-0.39, 0.29) is 5.75 Å². The largest absolute Gasteiger partial charge is 0.573 e. The quantitative estimate of drug-likeness (QED) is 0.440. The molecule has 0 unspecified atom stereocenters. The van der Waals surface area contributed by atoms with E-state index in [1.165, 1.54) is 18.2 Å². The number of H-pyrrole nitrogens is 1. The Labute approximate surface area is 182 Å². The first-order valence-corrected chi connectivity index (χ1v) is 9.71. The topological polar surface area (TPSA) is 74.6 Å². The van der Waals surface area contributed by atoms with Gasteiger partial charge in [-0.1, -0.05) is 30.3 Å². The van der Waals surface area contributed by atoms with Crippen molar-refractivity contribution in [3.05, 3.63) is 101 Å². The van der Waals surface area contributed by atoms with Gasteiger partial charge in [0, 0.05) is 36.5 Å². The standard InChI is InChI=1S/C24H17F3N4O/c25-24(26,27)32-21-3-1-2-19(12-21)22-9-8-18(14-29-22)11-23-30-15-20(31-23)10-16-4-6-17(13-28)7-5-16/h1-9,12,14-15H,10-11H2,(H,30,31). The zero-order valence-corrected chi connectivity index (χ0v) is 16.7. The summed E-state index contributed by atoms with van der Waals surface area (Å²) in [6.45, 7) is 0. The number of halogens is 3. The Hall–Kier alpha value is -4.12. The summed E-state index contributed by atoms with van der Waals surface area (Å²) >= 11 is 0. The molecule has 4 rings (SSSR count). The van der Waals surface area contributed by atoms with Crippen LogP contribution >= 0.6 is 0 Å². The first-order valence-electron chi connectivity index (χ1n) is 9.71. The second kappa shape index (κ2) is 8.94. The molecule has 0 atom stereocenters. The molecule has 0 amide bonds. The first-order chi connectivity index (χ1) is 15.4. The van der Waals surface area contributed by atoms with Crippen molar-refractivity contribution in [2.24, 2.45) is 0 Å². The van der Waals surface area contributed by atoms with E-state index in [1.54, 1.807) is 36.7 Å². The molecule has 0 saturated carbocycles.